The van der Waals surface area contributed by atoms with Gasteiger partial charge in [0.1, 0.15) is 16.7 Å². The Hall–Kier alpha value is -3.89. The van der Waals surface area contributed by atoms with Crippen molar-refractivity contribution < 1.29 is 32.3 Å². The van der Waals surface area contributed by atoms with Crippen molar-refractivity contribution in [2.45, 2.75) is 58.6 Å². The molecule has 1 aliphatic carbocycles. The van der Waals surface area contributed by atoms with Crippen LogP contribution in [-0.4, -0.2) is 21.5 Å². The number of alkyl halides is 2. The molecule has 9 nitrogen and oxygen atoms in total. The number of esters is 2. The van der Waals surface area contributed by atoms with Crippen LogP contribution in [0.3, 0.4) is 0 Å². The molecule has 1 unspecified atom stereocenters. The average Bonchev–Trinajstić information content (AvgIpc) is 3.62. The van der Waals surface area contributed by atoms with Crippen molar-refractivity contribution in [3.63, 3.8) is 0 Å². The van der Waals surface area contributed by atoms with Crippen LogP contribution < -0.4 is 15.9 Å². The Morgan fingerprint density at radius 1 is 1.22 bits per heavy atom. The molecule has 2 aromatic heterocycles. The molecule has 1 aromatic carbocycles. The molecule has 36 heavy (non-hydrogen) atoms. The Bertz CT molecular complexity index is 1430. The first-order valence-corrected chi connectivity index (χ1v) is 11.5. The molecule has 190 valence electrons. The van der Waals surface area contributed by atoms with Crippen molar-refractivity contribution in [1.82, 2.24) is 9.55 Å². The van der Waals surface area contributed by atoms with E-state index in [-0.39, 0.29) is 16.7 Å². The molecule has 1 aliphatic rings. The molecule has 0 saturated heterocycles. The molecule has 0 amide bonds. The Morgan fingerprint density at radius 3 is 2.61 bits per heavy atom. The minimum Gasteiger partial charge on any atom is -0.438 e. The fraction of sp³-hybridized carbons (Fsp3) is 0.400. The number of ether oxygens (including phenoxy) is 2. The smallest absolute Gasteiger partial charge is 0.343 e. The van der Waals surface area contributed by atoms with Crippen LogP contribution in [0, 0.1) is 5.92 Å². The Kier molecular flexibility index (Phi) is 7.27. The first-order chi connectivity index (χ1) is 17.2. The molecule has 0 bridgehead atoms. The molecule has 1 atom stereocenters. The first kappa shape index (κ1) is 25.2. The molecular weight excluding hydrogens is 478 g/mol. The zero-order valence-corrected chi connectivity index (χ0v) is 19.7. The van der Waals surface area contributed by atoms with Crippen LogP contribution in [0.1, 0.15) is 73.9 Å². The summed E-state index contributed by atoms with van der Waals surface area (Å²) in [5.41, 5.74) is -2.00. The van der Waals surface area contributed by atoms with E-state index in [4.69, 9.17) is 13.9 Å². The molecule has 0 aliphatic heterocycles. The average molecular weight is 502 g/mol. The normalized spacial score (nSPS) is 14.1. The van der Waals surface area contributed by atoms with Gasteiger partial charge in [0.2, 0.25) is 5.71 Å². The second kappa shape index (κ2) is 10.4. The van der Waals surface area contributed by atoms with E-state index in [0.717, 1.165) is 32.3 Å². The van der Waals surface area contributed by atoms with Gasteiger partial charge in [0.15, 0.2) is 12.1 Å². The zero-order chi connectivity index (χ0) is 26.0. The SMILES string of the molecule is CC(=O)Oc1ccccc1C(=O)OC(C)n1c(C(F)F)nc2oc(=O)cc(CCCC3CC3)c2c1=O. The number of carbonyl (C=O) groups excluding carboxylic acids is 2. The van der Waals surface area contributed by atoms with E-state index < -0.39 is 47.3 Å². The van der Waals surface area contributed by atoms with E-state index in [1.54, 1.807) is 0 Å². The maximum Gasteiger partial charge on any atom is 0.343 e. The Balaban J connectivity index is 1.73. The van der Waals surface area contributed by atoms with Gasteiger partial charge in [-0.2, -0.15) is 4.98 Å². The molecular formula is C25H24F2N2O7. The van der Waals surface area contributed by atoms with Crippen LogP contribution in [0.5, 0.6) is 5.75 Å². The molecule has 3 aromatic rings. The van der Waals surface area contributed by atoms with Crippen molar-refractivity contribution in [1.29, 1.82) is 0 Å². The third-order valence-corrected chi connectivity index (χ3v) is 5.87. The second-order valence-electron chi connectivity index (χ2n) is 8.65. The van der Waals surface area contributed by atoms with Crippen molar-refractivity contribution >= 4 is 23.0 Å². The maximum atomic E-state index is 13.9. The van der Waals surface area contributed by atoms with Crippen LogP contribution in [0.25, 0.3) is 11.1 Å². The Labute approximate surface area is 203 Å². The lowest BCUT2D eigenvalue weighted by atomic mass is 10.0. The van der Waals surface area contributed by atoms with Crippen LogP contribution in [0.2, 0.25) is 0 Å². The molecule has 4 rings (SSSR count). The number of fused-ring (bicyclic) bond motifs is 1. The Morgan fingerprint density at radius 2 is 1.94 bits per heavy atom. The van der Waals surface area contributed by atoms with Gasteiger partial charge >= 0.3 is 17.6 Å². The van der Waals surface area contributed by atoms with Crippen LogP contribution in [-0.2, 0) is 16.0 Å². The number of aromatic nitrogens is 2. The number of aryl methyl sites for hydroxylation is 1. The number of rotatable bonds is 9. The highest BCUT2D eigenvalue weighted by Crippen LogP contribution is 2.34. The number of hydrogen-bond acceptors (Lipinski definition) is 8. The van der Waals surface area contributed by atoms with Crippen LogP contribution in [0.15, 0.2) is 44.3 Å². The third kappa shape index (κ3) is 5.50. The molecule has 2 heterocycles. The predicted molar refractivity (Wildman–Crippen MR) is 123 cm³/mol. The summed E-state index contributed by atoms with van der Waals surface area (Å²) in [6.45, 7) is 2.39. The van der Waals surface area contributed by atoms with Crippen molar-refractivity contribution in [2.75, 3.05) is 0 Å². The summed E-state index contributed by atoms with van der Waals surface area (Å²) in [5.74, 6) is -2.14. The number of nitrogens with zero attached hydrogens (tertiary/aromatic N) is 2. The van der Waals surface area contributed by atoms with Crippen molar-refractivity contribution in [3.05, 3.63) is 68.1 Å². The summed E-state index contributed by atoms with van der Waals surface area (Å²) in [4.78, 5) is 53.4. The summed E-state index contributed by atoms with van der Waals surface area (Å²) >= 11 is 0. The number of hydrogen-bond donors (Lipinski definition) is 0. The van der Waals surface area contributed by atoms with Crippen LogP contribution in [0.4, 0.5) is 8.78 Å². The summed E-state index contributed by atoms with van der Waals surface area (Å²) < 4.78 is 43.7. The van der Waals surface area contributed by atoms with Gasteiger partial charge in [-0.25, -0.2) is 18.4 Å². The third-order valence-electron chi connectivity index (χ3n) is 5.87. The fourth-order valence-corrected chi connectivity index (χ4v) is 4.06. The van der Waals surface area contributed by atoms with E-state index >= 15 is 0 Å². The monoisotopic (exact) mass is 502 g/mol. The van der Waals surface area contributed by atoms with Crippen molar-refractivity contribution in [2.24, 2.45) is 5.92 Å². The molecule has 0 radical (unpaired) electrons. The highest BCUT2D eigenvalue weighted by Gasteiger charge is 2.28. The minimum atomic E-state index is -3.24. The van der Waals surface area contributed by atoms with Gasteiger partial charge < -0.3 is 13.9 Å². The summed E-state index contributed by atoms with van der Waals surface area (Å²) in [7, 11) is 0. The second-order valence-corrected chi connectivity index (χ2v) is 8.65. The zero-order valence-electron chi connectivity index (χ0n) is 19.7. The highest BCUT2D eigenvalue weighted by molar-refractivity contribution is 5.93. The topological polar surface area (TPSA) is 118 Å². The first-order valence-electron chi connectivity index (χ1n) is 11.5. The number of benzene rings is 1. The maximum absolute atomic E-state index is 13.9. The minimum absolute atomic E-state index is 0.0833. The van der Waals surface area contributed by atoms with Gasteiger partial charge in [0, 0.05) is 13.0 Å². The molecule has 11 heteroatoms. The van der Waals surface area contributed by atoms with Gasteiger partial charge in [-0.3, -0.25) is 14.2 Å². The fourth-order valence-electron chi connectivity index (χ4n) is 4.06. The summed E-state index contributed by atoms with van der Waals surface area (Å²) in [6, 6.07) is 6.89. The van der Waals surface area contributed by atoms with E-state index in [2.05, 4.69) is 4.98 Å². The van der Waals surface area contributed by atoms with Gasteiger partial charge in [-0.05, 0) is 43.4 Å². The predicted octanol–water partition coefficient (Wildman–Crippen LogP) is 4.32. The molecule has 0 spiro atoms. The van der Waals surface area contributed by atoms with E-state index in [1.165, 1.54) is 31.2 Å². The lowest BCUT2D eigenvalue weighted by molar-refractivity contribution is -0.131. The van der Waals surface area contributed by atoms with Crippen molar-refractivity contribution in [3.8, 4) is 5.75 Å². The quantitative estimate of drug-likeness (QED) is 0.314. The summed E-state index contributed by atoms with van der Waals surface area (Å²) in [6.07, 6.45) is -0.457. The van der Waals surface area contributed by atoms with Crippen LogP contribution >= 0.6 is 0 Å². The van der Waals surface area contributed by atoms with Gasteiger partial charge in [0.05, 0.1) is 0 Å². The molecule has 1 fully saturated rings. The number of para-hydroxylation sites is 1. The molecule has 0 N–H and O–H groups in total. The molecule has 1 saturated carbocycles. The van der Waals surface area contributed by atoms with E-state index in [9.17, 15) is 28.0 Å². The lowest BCUT2D eigenvalue weighted by Gasteiger charge is -2.20. The highest BCUT2D eigenvalue weighted by atomic mass is 19.3. The van der Waals surface area contributed by atoms with Gasteiger partial charge in [-0.15, -0.1) is 0 Å². The van der Waals surface area contributed by atoms with Gasteiger partial charge in [-0.1, -0.05) is 31.4 Å². The lowest BCUT2D eigenvalue weighted by Crippen LogP contribution is -2.32. The van der Waals surface area contributed by atoms with Gasteiger partial charge in [0.25, 0.3) is 12.0 Å². The standard InChI is InChI=1S/C25H24F2N2O7/c1-13(34-25(33)17-8-3-4-9-18(17)35-14(2)30)29-22(21(26)27)28-23-20(24(29)32)16(12-19(31)36-23)7-5-6-15-10-11-15/h3-4,8-9,12-13,15,21H,5-7,10-11H2,1-2H3. The summed E-state index contributed by atoms with van der Waals surface area (Å²) in [5, 5.41) is -0.113. The number of carbonyl (C=O) groups is 2. The number of halogens is 2. The largest absolute Gasteiger partial charge is 0.438 e. The van der Waals surface area contributed by atoms with E-state index in [1.807, 2.05) is 0 Å². The van der Waals surface area contributed by atoms with E-state index in [0.29, 0.717) is 28.9 Å².